The molecule has 2 aromatic rings. The van der Waals surface area contributed by atoms with E-state index in [1.807, 2.05) is 6.92 Å². The molecular formula is C14H17N5O2S. The predicted octanol–water partition coefficient (Wildman–Crippen LogP) is 1.71. The van der Waals surface area contributed by atoms with Gasteiger partial charge in [0.15, 0.2) is 0 Å². The molecule has 1 heterocycles. The molecule has 1 amide bonds. The van der Waals surface area contributed by atoms with Crippen LogP contribution in [-0.2, 0) is 11.2 Å². The molecule has 3 N–H and O–H groups in total. The van der Waals surface area contributed by atoms with Gasteiger partial charge in [0.2, 0.25) is 5.16 Å². The molecule has 0 aliphatic heterocycles. The number of benzene rings is 1. The number of carbonyl (C=O) groups excluding carboxylic acids is 1. The molecule has 0 unspecified atom stereocenters. The lowest BCUT2D eigenvalue weighted by Crippen LogP contribution is -2.21. The fourth-order valence-electron chi connectivity index (χ4n) is 1.58. The Morgan fingerprint density at radius 3 is 2.77 bits per heavy atom. The molecular weight excluding hydrogens is 302 g/mol. The van der Waals surface area contributed by atoms with Gasteiger partial charge in [-0.1, -0.05) is 18.7 Å². The van der Waals surface area contributed by atoms with Gasteiger partial charge in [0.25, 0.3) is 5.91 Å². The second-order valence-electron chi connectivity index (χ2n) is 4.49. The molecule has 0 aliphatic rings. The zero-order valence-corrected chi connectivity index (χ0v) is 13.1. The summed E-state index contributed by atoms with van der Waals surface area (Å²) in [6.07, 6.45) is 0.774. The van der Waals surface area contributed by atoms with Gasteiger partial charge >= 0.3 is 0 Å². The van der Waals surface area contributed by atoms with E-state index in [0.29, 0.717) is 10.9 Å². The topological polar surface area (TPSA) is 103 Å². The minimum Gasteiger partial charge on any atom is -0.508 e. The summed E-state index contributed by atoms with van der Waals surface area (Å²) < 4.78 is 0. The molecule has 0 fully saturated rings. The van der Waals surface area contributed by atoms with E-state index >= 15 is 0 Å². The number of carbonyl (C=O) groups is 1. The number of hydrazone groups is 1. The van der Waals surface area contributed by atoms with Crippen LogP contribution in [0, 0.1) is 0 Å². The average molecular weight is 319 g/mol. The molecule has 0 aliphatic carbocycles. The van der Waals surface area contributed by atoms with Crippen LogP contribution in [0.5, 0.6) is 5.75 Å². The summed E-state index contributed by atoms with van der Waals surface area (Å²) in [5.74, 6) is 0.943. The van der Waals surface area contributed by atoms with Crippen LogP contribution in [-0.4, -0.2) is 37.7 Å². The Morgan fingerprint density at radius 1 is 1.41 bits per heavy atom. The zero-order valence-electron chi connectivity index (χ0n) is 12.3. The van der Waals surface area contributed by atoms with Crippen LogP contribution in [0.15, 0.2) is 34.5 Å². The zero-order chi connectivity index (χ0) is 15.9. The van der Waals surface area contributed by atoms with Crippen molar-refractivity contribution in [2.45, 2.75) is 25.4 Å². The highest BCUT2D eigenvalue weighted by Crippen LogP contribution is 2.12. The van der Waals surface area contributed by atoms with E-state index < -0.39 is 0 Å². The van der Waals surface area contributed by atoms with E-state index in [4.69, 9.17) is 0 Å². The van der Waals surface area contributed by atoms with E-state index in [1.54, 1.807) is 31.2 Å². The SMILES string of the molecule is CCc1nc(SCC(=O)N/N=C(\C)c2ccc(O)cc2)n[nH]1. The van der Waals surface area contributed by atoms with Gasteiger partial charge in [-0.2, -0.15) is 5.10 Å². The molecule has 0 bridgehead atoms. The van der Waals surface area contributed by atoms with Gasteiger partial charge in [0, 0.05) is 6.42 Å². The van der Waals surface area contributed by atoms with Crippen molar-refractivity contribution in [3.63, 3.8) is 0 Å². The summed E-state index contributed by atoms with van der Waals surface area (Å²) in [6, 6.07) is 6.60. The molecule has 2 rings (SSSR count). The molecule has 116 valence electrons. The van der Waals surface area contributed by atoms with Gasteiger partial charge in [0.05, 0.1) is 11.5 Å². The van der Waals surface area contributed by atoms with Gasteiger partial charge < -0.3 is 5.11 Å². The number of rotatable bonds is 6. The third-order valence-corrected chi connectivity index (χ3v) is 3.66. The molecule has 1 aromatic heterocycles. The number of amides is 1. The number of H-pyrrole nitrogens is 1. The standard InChI is InChI=1S/C14H17N5O2S/c1-3-12-15-14(19-17-12)22-8-13(21)18-16-9(2)10-4-6-11(20)7-5-10/h4-7,20H,3,8H2,1-2H3,(H,18,21)(H,15,17,19)/b16-9+. The minimum absolute atomic E-state index is 0.188. The summed E-state index contributed by atoms with van der Waals surface area (Å²) in [5, 5.41) is 20.6. The molecule has 1 aromatic carbocycles. The van der Waals surface area contributed by atoms with Crippen molar-refractivity contribution in [3.05, 3.63) is 35.7 Å². The Hall–Kier alpha value is -2.35. The van der Waals surface area contributed by atoms with Gasteiger partial charge in [-0.15, -0.1) is 5.10 Å². The first-order chi connectivity index (χ1) is 10.6. The van der Waals surface area contributed by atoms with Crippen LogP contribution in [0.2, 0.25) is 0 Å². The van der Waals surface area contributed by atoms with Crippen LogP contribution in [0.1, 0.15) is 25.2 Å². The van der Waals surface area contributed by atoms with Gasteiger partial charge in [-0.3, -0.25) is 9.89 Å². The molecule has 22 heavy (non-hydrogen) atoms. The van der Waals surface area contributed by atoms with Crippen molar-refractivity contribution >= 4 is 23.4 Å². The normalized spacial score (nSPS) is 11.5. The molecule has 8 heteroatoms. The first-order valence-corrected chi connectivity index (χ1v) is 7.73. The summed E-state index contributed by atoms with van der Waals surface area (Å²) in [6.45, 7) is 3.76. The van der Waals surface area contributed by atoms with Crippen LogP contribution in [0.3, 0.4) is 0 Å². The van der Waals surface area contributed by atoms with E-state index in [9.17, 15) is 9.90 Å². The van der Waals surface area contributed by atoms with Gasteiger partial charge in [-0.25, -0.2) is 10.4 Å². The summed E-state index contributed by atoms with van der Waals surface area (Å²) in [4.78, 5) is 15.9. The maximum absolute atomic E-state index is 11.7. The lowest BCUT2D eigenvalue weighted by molar-refractivity contribution is -0.118. The number of aryl methyl sites for hydroxylation is 1. The van der Waals surface area contributed by atoms with Crippen molar-refractivity contribution in [1.82, 2.24) is 20.6 Å². The maximum atomic E-state index is 11.7. The van der Waals surface area contributed by atoms with Crippen molar-refractivity contribution in [3.8, 4) is 5.75 Å². The van der Waals surface area contributed by atoms with Crippen LogP contribution in [0.4, 0.5) is 0 Å². The molecule has 0 saturated heterocycles. The largest absolute Gasteiger partial charge is 0.508 e. The highest BCUT2D eigenvalue weighted by molar-refractivity contribution is 7.99. The highest BCUT2D eigenvalue weighted by Gasteiger charge is 2.07. The Labute approximate surface area is 132 Å². The van der Waals surface area contributed by atoms with E-state index in [-0.39, 0.29) is 17.4 Å². The van der Waals surface area contributed by atoms with Crippen molar-refractivity contribution in [1.29, 1.82) is 0 Å². The van der Waals surface area contributed by atoms with E-state index in [0.717, 1.165) is 17.8 Å². The number of aromatic hydroxyl groups is 1. The van der Waals surface area contributed by atoms with Gasteiger partial charge in [-0.05, 0) is 36.8 Å². The molecule has 0 atom stereocenters. The number of phenols is 1. The third kappa shape index (κ3) is 4.59. The highest BCUT2D eigenvalue weighted by atomic mass is 32.2. The monoisotopic (exact) mass is 319 g/mol. The average Bonchev–Trinajstić information content (AvgIpc) is 2.99. The molecule has 0 radical (unpaired) electrons. The smallest absolute Gasteiger partial charge is 0.250 e. The maximum Gasteiger partial charge on any atom is 0.250 e. The lowest BCUT2D eigenvalue weighted by Gasteiger charge is -2.02. The quantitative estimate of drug-likeness (QED) is 0.427. The third-order valence-electron chi connectivity index (χ3n) is 2.81. The van der Waals surface area contributed by atoms with Crippen molar-refractivity contribution in [2.24, 2.45) is 5.10 Å². The summed E-state index contributed by atoms with van der Waals surface area (Å²) >= 11 is 1.25. The summed E-state index contributed by atoms with van der Waals surface area (Å²) in [7, 11) is 0. The Morgan fingerprint density at radius 2 is 2.14 bits per heavy atom. The fraction of sp³-hybridized carbons (Fsp3) is 0.286. The number of nitrogens with zero attached hydrogens (tertiary/aromatic N) is 3. The fourth-order valence-corrected chi connectivity index (χ4v) is 2.19. The van der Waals surface area contributed by atoms with Crippen LogP contribution >= 0.6 is 11.8 Å². The Bertz CT molecular complexity index is 666. The molecule has 0 spiro atoms. The second-order valence-corrected chi connectivity index (χ2v) is 5.43. The predicted molar refractivity (Wildman–Crippen MR) is 84.9 cm³/mol. The number of phenolic OH excluding ortho intramolecular Hbond substituents is 1. The first-order valence-electron chi connectivity index (χ1n) is 6.75. The van der Waals surface area contributed by atoms with E-state index in [1.165, 1.54) is 11.8 Å². The second kappa shape index (κ2) is 7.60. The van der Waals surface area contributed by atoms with Crippen molar-refractivity contribution in [2.75, 3.05) is 5.75 Å². The minimum atomic E-state index is -0.231. The lowest BCUT2D eigenvalue weighted by atomic mass is 10.1. The van der Waals surface area contributed by atoms with Crippen molar-refractivity contribution < 1.29 is 9.90 Å². The Kier molecular flexibility index (Phi) is 5.54. The summed E-state index contributed by atoms with van der Waals surface area (Å²) in [5.41, 5.74) is 3.97. The number of thioether (sulfide) groups is 1. The van der Waals surface area contributed by atoms with Crippen LogP contribution in [0.25, 0.3) is 0 Å². The molecule has 7 nitrogen and oxygen atoms in total. The van der Waals surface area contributed by atoms with E-state index in [2.05, 4.69) is 25.7 Å². The Balaban J connectivity index is 1.83. The number of nitrogens with one attached hydrogen (secondary N) is 2. The van der Waals surface area contributed by atoms with Gasteiger partial charge in [0.1, 0.15) is 11.6 Å². The number of hydrogen-bond acceptors (Lipinski definition) is 6. The molecule has 0 saturated carbocycles. The number of aromatic nitrogens is 3. The first kappa shape index (κ1) is 16.0. The number of hydrogen-bond donors (Lipinski definition) is 3. The number of aromatic amines is 1. The van der Waals surface area contributed by atoms with Crippen LogP contribution < -0.4 is 5.43 Å².